The van der Waals surface area contributed by atoms with Gasteiger partial charge in [0.15, 0.2) is 0 Å². The molecular formula is C54H31NOS. The van der Waals surface area contributed by atoms with Crippen LogP contribution in [0.5, 0.6) is 0 Å². The fraction of sp³-hybridized carbons (Fsp3) is 0. The Kier molecular flexibility index (Phi) is 6.35. The van der Waals surface area contributed by atoms with E-state index in [2.05, 4.69) is 180 Å². The molecule has 57 heavy (non-hydrogen) atoms. The molecular weight excluding hydrogens is 711 g/mol. The Bertz CT molecular complexity index is 3640. The zero-order chi connectivity index (χ0) is 37.2. The van der Waals surface area contributed by atoms with E-state index in [1.807, 2.05) is 23.5 Å². The summed E-state index contributed by atoms with van der Waals surface area (Å²) >= 11 is 1.92. The first-order valence-electron chi connectivity index (χ1n) is 19.5. The molecule has 0 saturated carbocycles. The third kappa shape index (κ3) is 4.46. The maximum Gasteiger partial charge on any atom is 0.136 e. The summed E-state index contributed by atoms with van der Waals surface area (Å²) in [7, 11) is 0. The number of nitrogens with zero attached hydrogens (tertiary/aromatic N) is 1. The molecule has 0 atom stereocenters. The maximum absolute atomic E-state index is 6.29. The standard InChI is InChI=1S/C54H31NOS/c1-2-12-37(13-3-1)55-47-18-6-4-14-39(47)40-23-20-34(29-48(40)55)32-10-8-11-33(28-32)35-21-25-44-51(31-35)57-54-46-27-26-38(43-16-9-17-45(52(43)46)53(44)54)36-22-24-42-41-15-5-7-19-49(41)56-50(42)30-36/h1-31H. The largest absolute Gasteiger partial charge is 0.456 e. The molecule has 0 N–H and O–H groups in total. The molecule has 13 rings (SSSR count). The molecule has 2 nitrogen and oxygen atoms in total. The monoisotopic (exact) mass is 741 g/mol. The van der Waals surface area contributed by atoms with Crippen molar-refractivity contribution < 1.29 is 4.42 Å². The SMILES string of the molecule is c1ccc(-n2c3ccccc3c3ccc(-c4cccc(-c5ccc6c7c(sc6c5)-c5ccc(-c6ccc8c(c6)oc6ccccc68)c6cccc-7c56)c4)cc32)cc1. The summed E-state index contributed by atoms with van der Waals surface area (Å²) in [5, 5.41) is 8.81. The van der Waals surface area contributed by atoms with E-state index in [1.165, 1.54) is 103 Å². The second kappa shape index (κ2) is 11.7. The van der Waals surface area contributed by atoms with E-state index < -0.39 is 0 Å². The summed E-state index contributed by atoms with van der Waals surface area (Å²) in [6.07, 6.45) is 0. The first-order chi connectivity index (χ1) is 28.2. The molecule has 0 radical (unpaired) electrons. The number of thiophene rings is 1. The van der Waals surface area contributed by atoms with Gasteiger partial charge in [-0.25, -0.2) is 0 Å². The van der Waals surface area contributed by atoms with Crippen molar-refractivity contribution in [3.63, 3.8) is 0 Å². The van der Waals surface area contributed by atoms with Crippen LogP contribution in [0.25, 0.3) is 125 Å². The van der Waals surface area contributed by atoms with Crippen molar-refractivity contribution in [2.45, 2.75) is 0 Å². The number of para-hydroxylation sites is 3. The van der Waals surface area contributed by atoms with E-state index in [-0.39, 0.29) is 0 Å². The molecule has 0 bridgehead atoms. The first kappa shape index (κ1) is 31.1. The van der Waals surface area contributed by atoms with Gasteiger partial charge in [-0.2, -0.15) is 0 Å². The van der Waals surface area contributed by atoms with E-state index in [4.69, 9.17) is 4.42 Å². The van der Waals surface area contributed by atoms with Crippen LogP contribution in [0.1, 0.15) is 0 Å². The van der Waals surface area contributed by atoms with Gasteiger partial charge in [-0.1, -0.05) is 133 Å². The van der Waals surface area contributed by atoms with Gasteiger partial charge in [-0.05, 0) is 104 Å². The molecule has 0 amide bonds. The smallest absolute Gasteiger partial charge is 0.136 e. The summed E-state index contributed by atoms with van der Waals surface area (Å²) in [5.74, 6) is 0. The van der Waals surface area contributed by atoms with E-state index in [9.17, 15) is 0 Å². The lowest BCUT2D eigenvalue weighted by Gasteiger charge is -2.11. The van der Waals surface area contributed by atoms with Crippen molar-refractivity contribution in [2.75, 3.05) is 0 Å². The van der Waals surface area contributed by atoms with Gasteiger partial charge in [0.1, 0.15) is 11.2 Å². The molecule has 3 aromatic heterocycles. The van der Waals surface area contributed by atoms with Gasteiger partial charge < -0.3 is 8.98 Å². The van der Waals surface area contributed by atoms with Crippen molar-refractivity contribution >= 4 is 75.9 Å². The van der Waals surface area contributed by atoms with Crippen LogP contribution in [0.4, 0.5) is 0 Å². The molecule has 0 unspecified atom stereocenters. The molecule has 0 saturated heterocycles. The Morgan fingerprint density at radius 2 is 1.02 bits per heavy atom. The average Bonchev–Trinajstić information content (AvgIpc) is 4.01. The number of rotatable bonds is 4. The molecule has 3 heteroatoms. The first-order valence-corrected chi connectivity index (χ1v) is 20.3. The minimum absolute atomic E-state index is 0.927. The van der Waals surface area contributed by atoms with Crippen LogP contribution in [0.15, 0.2) is 192 Å². The second-order valence-corrected chi connectivity index (χ2v) is 16.3. The van der Waals surface area contributed by atoms with Crippen LogP contribution in [-0.2, 0) is 0 Å². The summed E-state index contributed by atoms with van der Waals surface area (Å²) in [6, 6.07) is 68.8. The lowest BCUT2D eigenvalue weighted by Crippen LogP contribution is -1.93. The van der Waals surface area contributed by atoms with Crippen LogP contribution in [0.3, 0.4) is 0 Å². The minimum atomic E-state index is 0.927. The van der Waals surface area contributed by atoms with Crippen LogP contribution < -0.4 is 0 Å². The van der Waals surface area contributed by atoms with Crippen LogP contribution in [0.2, 0.25) is 0 Å². The average molecular weight is 742 g/mol. The maximum atomic E-state index is 6.29. The summed E-state index contributed by atoms with van der Waals surface area (Å²) in [5.41, 5.74) is 16.8. The third-order valence-electron chi connectivity index (χ3n) is 12.2. The highest BCUT2D eigenvalue weighted by molar-refractivity contribution is 7.23. The number of fused-ring (bicyclic) bond motifs is 11. The molecule has 9 aromatic carbocycles. The molecule has 0 fully saturated rings. The van der Waals surface area contributed by atoms with Gasteiger partial charge in [0.25, 0.3) is 0 Å². The van der Waals surface area contributed by atoms with Crippen molar-refractivity contribution in [1.82, 2.24) is 4.57 Å². The number of hydrogen-bond acceptors (Lipinski definition) is 2. The third-order valence-corrected chi connectivity index (χ3v) is 13.3. The molecule has 0 aliphatic heterocycles. The summed E-state index contributed by atoms with van der Waals surface area (Å²) in [4.78, 5) is 1.36. The summed E-state index contributed by atoms with van der Waals surface area (Å²) in [6.45, 7) is 0. The van der Waals surface area contributed by atoms with Gasteiger partial charge in [-0.15, -0.1) is 11.3 Å². The molecule has 3 heterocycles. The van der Waals surface area contributed by atoms with Gasteiger partial charge in [-0.3, -0.25) is 0 Å². The Morgan fingerprint density at radius 3 is 1.91 bits per heavy atom. The Morgan fingerprint density at radius 1 is 0.368 bits per heavy atom. The van der Waals surface area contributed by atoms with Crippen LogP contribution in [-0.4, -0.2) is 4.57 Å². The Balaban J connectivity index is 0.888. The quantitative estimate of drug-likeness (QED) is 0.176. The fourth-order valence-electron chi connectivity index (χ4n) is 9.57. The zero-order valence-corrected chi connectivity index (χ0v) is 31.5. The lowest BCUT2D eigenvalue weighted by molar-refractivity contribution is 0.669. The van der Waals surface area contributed by atoms with Gasteiger partial charge in [0.05, 0.1) is 11.0 Å². The molecule has 12 aromatic rings. The normalized spacial score (nSPS) is 12.2. The predicted molar refractivity (Wildman–Crippen MR) is 242 cm³/mol. The Hall–Kier alpha value is -7.20. The highest BCUT2D eigenvalue weighted by atomic mass is 32.1. The van der Waals surface area contributed by atoms with Gasteiger partial charge in [0, 0.05) is 53.3 Å². The van der Waals surface area contributed by atoms with Crippen LogP contribution >= 0.6 is 11.3 Å². The second-order valence-electron chi connectivity index (χ2n) is 15.2. The summed E-state index contributed by atoms with van der Waals surface area (Å²) < 4.78 is 10.00. The van der Waals surface area contributed by atoms with Crippen molar-refractivity contribution in [1.29, 1.82) is 0 Å². The molecule has 0 spiro atoms. The van der Waals surface area contributed by atoms with E-state index in [1.54, 1.807) is 0 Å². The highest BCUT2D eigenvalue weighted by Gasteiger charge is 2.27. The van der Waals surface area contributed by atoms with E-state index >= 15 is 0 Å². The van der Waals surface area contributed by atoms with Crippen molar-refractivity contribution in [3.8, 4) is 60.6 Å². The Labute approximate surface area is 332 Å². The van der Waals surface area contributed by atoms with Gasteiger partial charge >= 0.3 is 0 Å². The zero-order valence-electron chi connectivity index (χ0n) is 30.7. The van der Waals surface area contributed by atoms with Crippen molar-refractivity contribution in [3.05, 3.63) is 188 Å². The number of benzene rings is 9. The molecule has 1 aliphatic carbocycles. The minimum Gasteiger partial charge on any atom is -0.456 e. The molecule has 1 aliphatic rings. The number of aromatic nitrogens is 1. The number of hydrogen-bond donors (Lipinski definition) is 0. The van der Waals surface area contributed by atoms with E-state index in [0.717, 1.165) is 21.9 Å². The van der Waals surface area contributed by atoms with E-state index in [0.29, 0.717) is 0 Å². The molecule has 264 valence electrons. The predicted octanol–water partition coefficient (Wildman–Crippen LogP) is 15.7. The fourth-order valence-corrected chi connectivity index (χ4v) is 10.9. The lowest BCUT2D eigenvalue weighted by atomic mass is 9.94. The number of furan rings is 1. The van der Waals surface area contributed by atoms with Crippen molar-refractivity contribution in [2.24, 2.45) is 0 Å². The van der Waals surface area contributed by atoms with Crippen LogP contribution in [0, 0.1) is 0 Å². The topological polar surface area (TPSA) is 18.1 Å². The van der Waals surface area contributed by atoms with Gasteiger partial charge in [0.2, 0.25) is 0 Å². The highest BCUT2D eigenvalue weighted by Crippen LogP contribution is 2.56.